The van der Waals surface area contributed by atoms with Gasteiger partial charge in [-0.3, -0.25) is 4.99 Å². The Morgan fingerprint density at radius 1 is 1.45 bits per heavy atom. The van der Waals surface area contributed by atoms with Gasteiger partial charge in [0.1, 0.15) is 5.84 Å². The fraction of sp³-hybridized carbons (Fsp3) is 0.556. The molecule has 58 valence electrons. The van der Waals surface area contributed by atoms with Crippen LogP contribution in [-0.2, 0) is 0 Å². The number of nitrogens with zero attached hydrogens (tertiary/aromatic N) is 2. The summed E-state index contributed by atoms with van der Waals surface area (Å²) in [4.78, 5) is 8.68. The monoisotopic (exact) mass is 148 g/mol. The molecule has 0 bridgehead atoms. The van der Waals surface area contributed by atoms with Crippen molar-refractivity contribution in [3.8, 4) is 0 Å². The highest BCUT2D eigenvalue weighted by atomic mass is 14.9. The lowest BCUT2D eigenvalue weighted by atomic mass is 9.96. The lowest BCUT2D eigenvalue weighted by Crippen LogP contribution is -2.16. The first kappa shape index (κ1) is 6.77. The molecule has 0 aromatic heterocycles. The third-order valence-electron chi connectivity index (χ3n) is 2.15. The van der Waals surface area contributed by atoms with Gasteiger partial charge in [0.25, 0.3) is 0 Å². The number of hydrogen-bond donors (Lipinski definition) is 0. The summed E-state index contributed by atoms with van der Waals surface area (Å²) in [5.41, 5.74) is 2.64. The second-order valence-corrected chi connectivity index (χ2v) is 3.04. The van der Waals surface area contributed by atoms with Crippen molar-refractivity contribution in [3.05, 3.63) is 11.6 Å². The first-order valence-electron chi connectivity index (χ1n) is 4.14. The van der Waals surface area contributed by atoms with Crippen LogP contribution in [0.4, 0.5) is 0 Å². The molecular formula is C9H12N2. The van der Waals surface area contributed by atoms with Crippen molar-refractivity contribution in [1.82, 2.24) is 0 Å². The van der Waals surface area contributed by atoms with E-state index in [0.29, 0.717) is 0 Å². The van der Waals surface area contributed by atoms with Gasteiger partial charge in [-0.05, 0) is 31.8 Å². The van der Waals surface area contributed by atoms with Crippen LogP contribution in [0.3, 0.4) is 0 Å². The maximum absolute atomic E-state index is 4.40. The standard InChI is InChI=1S/C9H12N2/c1-7-10-6-8-4-2-3-5-9(8)11-7/h4H,2-3,5-6H2,1H3. The van der Waals surface area contributed by atoms with E-state index in [4.69, 9.17) is 0 Å². The molecule has 0 spiro atoms. The average Bonchev–Trinajstić information content (AvgIpc) is 2.04. The molecule has 0 unspecified atom stereocenters. The van der Waals surface area contributed by atoms with E-state index in [1.807, 2.05) is 6.92 Å². The Morgan fingerprint density at radius 2 is 2.36 bits per heavy atom. The summed E-state index contributed by atoms with van der Waals surface area (Å²) in [6, 6.07) is 0. The molecule has 2 nitrogen and oxygen atoms in total. The van der Waals surface area contributed by atoms with Gasteiger partial charge in [-0.2, -0.15) is 0 Å². The van der Waals surface area contributed by atoms with Crippen molar-refractivity contribution in [2.24, 2.45) is 9.98 Å². The van der Waals surface area contributed by atoms with Crippen LogP contribution in [0.1, 0.15) is 26.2 Å². The average molecular weight is 148 g/mol. The van der Waals surface area contributed by atoms with E-state index in [0.717, 1.165) is 18.8 Å². The van der Waals surface area contributed by atoms with Crippen LogP contribution in [0.5, 0.6) is 0 Å². The van der Waals surface area contributed by atoms with E-state index < -0.39 is 0 Å². The van der Waals surface area contributed by atoms with E-state index in [1.165, 1.54) is 24.1 Å². The van der Waals surface area contributed by atoms with E-state index in [9.17, 15) is 0 Å². The van der Waals surface area contributed by atoms with Crippen molar-refractivity contribution in [3.63, 3.8) is 0 Å². The number of aliphatic imine (C=N–C) groups is 2. The van der Waals surface area contributed by atoms with Gasteiger partial charge in [0.05, 0.1) is 6.54 Å². The summed E-state index contributed by atoms with van der Waals surface area (Å²) in [6.45, 7) is 2.84. The van der Waals surface area contributed by atoms with E-state index >= 15 is 0 Å². The van der Waals surface area contributed by atoms with Crippen molar-refractivity contribution >= 4 is 11.5 Å². The second kappa shape index (κ2) is 2.61. The maximum atomic E-state index is 4.40. The summed E-state index contributed by atoms with van der Waals surface area (Å²) in [5.74, 6) is 0.944. The quantitative estimate of drug-likeness (QED) is 0.501. The summed E-state index contributed by atoms with van der Waals surface area (Å²) in [7, 11) is 0. The van der Waals surface area contributed by atoms with Crippen LogP contribution in [0, 0.1) is 0 Å². The molecule has 1 aliphatic carbocycles. The Bertz CT molecular complexity index is 259. The van der Waals surface area contributed by atoms with Crippen LogP contribution in [0.2, 0.25) is 0 Å². The van der Waals surface area contributed by atoms with Crippen LogP contribution < -0.4 is 0 Å². The maximum Gasteiger partial charge on any atom is 0.120 e. The minimum Gasteiger partial charge on any atom is -0.266 e. The van der Waals surface area contributed by atoms with Gasteiger partial charge in [-0.1, -0.05) is 6.08 Å². The third kappa shape index (κ3) is 1.25. The molecule has 1 heterocycles. The molecule has 0 atom stereocenters. The minimum atomic E-state index is 0.866. The van der Waals surface area contributed by atoms with Gasteiger partial charge in [-0.25, -0.2) is 4.99 Å². The molecule has 0 N–H and O–H groups in total. The van der Waals surface area contributed by atoms with Crippen LogP contribution in [0.15, 0.2) is 21.6 Å². The molecule has 1 aliphatic heterocycles. The Hall–Kier alpha value is -0.920. The molecular weight excluding hydrogens is 136 g/mol. The van der Waals surface area contributed by atoms with Gasteiger partial charge >= 0.3 is 0 Å². The van der Waals surface area contributed by atoms with E-state index in [1.54, 1.807) is 0 Å². The zero-order chi connectivity index (χ0) is 7.68. The number of rotatable bonds is 0. The first-order valence-corrected chi connectivity index (χ1v) is 4.14. The van der Waals surface area contributed by atoms with Gasteiger partial charge in [0, 0.05) is 5.71 Å². The van der Waals surface area contributed by atoms with Gasteiger partial charge in [-0.15, -0.1) is 0 Å². The zero-order valence-corrected chi connectivity index (χ0v) is 6.80. The predicted octanol–water partition coefficient (Wildman–Crippen LogP) is 1.97. The van der Waals surface area contributed by atoms with E-state index in [-0.39, 0.29) is 0 Å². The van der Waals surface area contributed by atoms with Gasteiger partial charge in [0.2, 0.25) is 0 Å². The molecule has 0 radical (unpaired) electrons. The molecule has 2 aliphatic rings. The molecule has 0 aromatic carbocycles. The lowest BCUT2D eigenvalue weighted by Gasteiger charge is -2.17. The molecule has 11 heavy (non-hydrogen) atoms. The Labute approximate surface area is 66.7 Å². The molecule has 0 saturated heterocycles. The number of fused-ring (bicyclic) bond motifs is 1. The molecule has 2 rings (SSSR count). The predicted molar refractivity (Wildman–Crippen MR) is 47.3 cm³/mol. The van der Waals surface area contributed by atoms with Gasteiger partial charge < -0.3 is 0 Å². The Balaban J connectivity index is 2.32. The Morgan fingerprint density at radius 3 is 3.27 bits per heavy atom. The van der Waals surface area contributed by atoms with E-state index in [2.05, 4.69) is 16.1 Å². The fourth-order valence-corrected chi connectivity index (χ4v) is 1.54. The Kier molecular flexibility index (Phi) is 1.60. The van der Waals surface area contributed by atoms with Gasteiger partial charge in [0.15, 0.2) is 0 Å². The molecule has 2 heteroatoms. The van der Waals surface area contributed by atoms with Crippen LogP contribution in [-0.4, -0.2) is 18.1 Å². The van der Waals surface area contributed by atoms with Crippen LogP contribution in [0.25, 0.3) is 0 Å². The highest BCUT2D eigenvalue weighted by Crippen LogP contribution is 2.18. The second-order valence-electron chi connectivity index (χ2n) is 3.04. The number of hydrogen-bond acceptors (Lipinski definition) is 2. The van der Waals surface area contributed by atoms with Crippen molar-refractivity contribution in [2.75, 3.05) is 6.54 Å². The largest absolute Gasteiger partial charge is 0.266 e. The van der Waals surface area contributed by atoms with Crippen molar-refractivity contribution in [1.29, 1.82) is 0 Å². The molecule has 0 fully saturated rings. The van der Waals surface area contributed by atoms with Crippen molar-refractivity contribution in [2.45, 2.75) is 26.2 Å². The molecule has 0 aromatic rings. The summed E-state index contributed by atoms with van der Waals surface area (Å²) < 4.78 is 0. The fourth-order valence-electron chi connectivity index (χ4n) is 1.54. The zero-order valence-electron chi connectivity index (χ0n) is 6.80. The summed E-state index contributed by atoms with van der Waals surface area (Å²) >= 11 is 0. The smallest absolute Gasteiger partial charge is 0.120 e. The lowest BCUT2D eigenvalue weighted by molar-refractivity contribution is 0.854. The number of amidine groups is 1. The van der Waals surface area contributed by atoms with Crippen molar-refractivity contribution < 1.29 is 0 Å². The summed E-state index contributed by atoms with van der Waals surface area (Å²) in [5, 5.41) is 0. The molecule has 0 saturated carbocycles. The highest BCUT2D eigenvalue weighted by molar-refractivity contribution is 6.09. The number of allylic oxidation sites excluding steroid dienone is 1. The highest BCUT2D eigenvalue weighted by Gasteiger charge is 2.14. The first-order chi connectivity index (χ1) is 5.36. The normalized spacial score (nSPS) is 23.2. The minimum absolute atomic E-state index is 0.866. The summed E-state index contributed by atoms with van der Waals surface area (Å²) in [6.07, 6.45) is 5.90. The van der Waals surface area contributed by atoms with Crippen LogP contribution >= 0.6 is 0 Å². The third-order valence-corrected chi connectivity index (χ3v) is 2.15. The molecule has 0 amide bonds. The SMILES string of the molecule is CC1=NCC2=CCCCC2=N1. The topological polar surface area (TPSA) is 24.7 Å².